The van der Waals surface area contributed by atoms with Crippen LogP contribution in [-0.4, -0.2) is 31.4 Å². The van der Waals surface area contributed by atoms with Gasteiger partial charge in [0, 0.05) is 47.9 Å². The number of hydrogen-bond donors (Lipinski definition) is 0. The molecule has 0 radical (unpaired) electrons. The SMILES string of the molecule is CC.COc1ccc(Cn2cc3cc(-c4ncc(C5CC5)n4C)c(C4CC4)nc3n2)cc1. The van der Waals surface area contributed by atoms with Crippen molar-refractivity contribution in [3.63, 3.8) is 0 Å². The number of methoxy groups -OCH3 is 1. The molecule has 3 heterocycles. The molecule has 32 heavy (non-hydrogen) atoms. The molecular formula is C26H31N5O. The lowest BCUT2D eigenvalue weighted by atomic mass is 10.1. The van der Waals surface area contributed by atoms with E-state index in [0.29, 0.717) is 18.4 Å². The number of ether oxygens (including phenoxy) is 1. The highest BCUT2D eigenvalue weighted by molar-refractivity contribution is 5.81. The molecule has 3 aromatic heterocycles. The van der Waals surface area contributed by atoms with E-state index in [0.717, 1.165) is 28.3 Å². The van der Waals surface area contributed by atoms with Gasteiger partial charge in [0.1, 0.15) is 11.6 Å². The van der Waals surface area contributed by atoms with Crippen LogP contribution in [0.5, 0.6) is 5.75 Å². The Morgan fingerprint density at radius 3 is 2.41 bits per heavy atom. The average molecular weight is 430 g/mol. The lowest BCUT2D eigenvalue weighted by Gasteiger charge is -2.09. The van der Waals surface area contributed by atoms with Gasteiger partial charge < -0.3 is 9.30 Å². The van der Waals surface area contributed by atoms with Crippen LogP contribution in [-0.2, 0) is 13.6 Å². The van der Waals surface area contributed by atoms with E-state index in [4.69, 9.17) is 19.8 Å². The minimum atomic E-state index is 0.539. The quantitative estimate of drug-likeness (QED) is 0.396. The van der Waals surface area contributed by atoms with Crippen molar-refractivity contribution in [2.75, 3.05) is 7.11 Å². The molecule has 0 amide bonds. The van der Waals surface area contributed by atoms with Crippen LogP contribution < -0.4 is 4.74 Å². The zero-order valence-electron chi connectivity index (χ0n) is 19.4. The van der Waals surface area contributed by atoms with Crippen LogP contribution in [0.2, 0.25) is 0 Å². The number of hydrogen-bond acceptors (Lipinski definition) is 4. The number of fused-ring (bicyclic) bond motifs is 1. The number of benzene rings is 1. The molecule has 0 aliphatic heterocycles. The molecule has 2 fully saturated rings. The summed E-state index contributed by atoms with van der Waals surface area (Å²) >= 11 is 0. The van der Waals surface area contributed by atoms with Crippen molar-refractivity contribution in [1.82, 2.24) is 24.3 Å². The second kappa shape index (κ2) is 8.41. The monoisotopic (exact) mass is 429 g/mol. The van der Waals surface area contributed by atoms with Crippen molar-refractivity contribution < 1.29 is 4.74 Å². The zero-order valence-corrected chi connectivity index (χ0v) is 19.4. The molecule has 6 rings (SSSR count). The topological polar surface area (TPSA) is 57.8 Å². The summed E-state index contributed by atoms with van der Waals surface area (Å²) in [4.78, 5) is 9.81. The highest BCUT2D eigenvalue weighted by Gasteiger charge is 2.32. The Balaban J connectivity index is 0.00000105. The van der Waals surface area contributed by atoms with E-state index in [9.17, 15) is 0 Å². The minimum absolute atomic E-state index is 0.539. The largest absolute Gasteiger partial charge is 0.497 e. The van der Waals surface area contributed by atoms with E-state index < -0.39 is 0 Å². The molecule has 6 nitrogen and oxygen atoms in total. The van der Waals surface area contributed by atoms with Crippen molar-refractivity contribution in [3.8, 4) is 17.1 Å². The summed E-state index contributed by atoms with van der Waals surface area (Å²) in [6.07, 6.45) is 9.13. The van der Waals surface area contributed by atoms with Gasteiger partial charge in [0.15, 0.2) is 5.65 Å². The summed E-state index contributed by atoms with van der Waals surface area (Å²) < 4.78 is 9.51. The first-order chi connectivity index (χ1) is 15.7. The highest BCUT2D eigenvalue weighted by Crippen LogP contribution is 2.45. The van der Waals surface area contributed by atoms with Crippen LogP contribution in [0.25, 0.3) is 22.4 Å². The van der Waals surface area contributed by atoms with Gasteiger partial charge in [-0.3, -0.25) is 4.68 Å². The van der Waals surface area contributed by atoms with Crippen LogP contribution >= 0.6 is 0 Å². The second-order valence-electron chi connectivity index (χ2n) is 8.62. The average Bonchev–Trinajstić information content (AvgIpc) is 3.76. The van der Waals surface area contributed by atoms with Crippen molar-refractivity contribution in [1.29, 1.82) is 0 Å². The lowest BCUT2D eigenvalue weighted by molar-refractivity contribution is 0.414. The van der Waals surface area contributed by atoms with Crippen LogP contribution in [0.15, 0.2) is 42.7 Å². The third-order valence-corrected chi connectivity index (χ3v) is 6.30. The summed E-state index contributed by atoms with van der Waals surface area (Å²) in [5.41, 5.74) is 5.69. The first-order valence-corrected chi connectivity index (χ1v) is 11.7. The van der Waals surface area contributed by atoms with Crippen LogP contribution in [0.4, 0.5) is 0 Å². The molecule has 166 valence electrons. The van der Waals surface area contributed by atoms with Gasteiger partial charge in [-0.1, -0.05) is 26.0 Å². The van der Waals surface area contributed by atoms with Gasteiger partial charge in [0.05, 0.1) is 19.3 Å². The maximum atomic E-state index is 5.25. The molecule has 0 saturated heterocycles. The molecule has 2 aliphatic rings. The van der Waals surface area contributed by atoms with Gasteiger partial charge in [-0.25, -0.2) is 9.97 Å². The predicted octanol–water partition coefficient (Wildman–Crippen LogP) is 5.67. The molecule has 0 unspecified atom stereocenters. The molecule has 2 saturated carbocycles. The van der Waals surface area contributed by atoms with E-state index in [1.807, 2.05) is 30.7 Å². The van der Waals surface area contributed by atoms with Gasteiger partial charge in [0.2, 0.25) is 0 Å². The number of imidazole rings is 1. The van der Waals surface area contributed by atoms with Crippen LogP contribution in [0.3, 0.4) is 0 Å². The number of nitrogens with zero attached hydrogens (tertiary/aromatic N) is 5. The molecule has 2 aliphatic carbocycles. The fourth-order valence-corrected chi connectivity index (χ4v) is 4.30. The maximum Gasteiger partial charge on any atom is 0.181 e. The fourth-order valence-electron chi connectivity index (χ4n) is 4.30. The molecule has 0 spiro atoms. The predicted molar refractivity (Wildman–Crippen MR) is 127 cm³/mol. The Morgan fingerprint density at radius 1 is 1.03 bits per heavy atom. The molecular weight excluding hydrogens is 398 g/mol. The minimum Gasteiger partial charge on any atom is -0.497 e. The molecule has 0 N–H and O–H groups in total. The van der Waals surface area contributed by atoms with Crippen LogP contribution in [0.1, 0.15) is 68.3 Å². The van der Waals surface area contributed by atoms with Gasteiger partial charge >= 0.3 is 0 Å². The summed E-state index contributed by atoms with van der Waals surface area (Å²) in [6.45, 7) is 4.71. The number of aromatic nitrogens is 5. The Kier molecular flexibility index (Phi) is 5.45. The summed E-state index contributed by atoms with van der Waals surface area (Å²) in [7, 11) is 3.83. The molecule has 1 aromatic carbocycles. The molecule has 0 bridgehead atoms. The second-order valence-corrected chi connectivity index (χ2v) is 8.62. The smallest absolute Gasteiger partial charge is 0.181 e. The van der Waals surface area contributed by atoms with E-state index in [-0.39, 0.29) is 0 Å². The molecule has 0 atom stereocenters. The summed E-state index contributed by atoms with van der Waals surface area (Å²) in [5.74, 6) is 3.13. The first-order valence-electron chi connectivity index (χ1n) is 11.7. The van der Waals surface area contributed by atoms with Gasteiger partial charge in [-0.15, -0.1) is 0 Å². The van der Waals surface area contributed by atoms with Gasteiger partial charge in [-0.05, 0) is 49.4 Å². The Morgan fingerprint density at radius 2 is 1.75 bits per heavy atom. The van der Waals surface area contributed by atoms with Crippen molar-refractivity contribution in [3.05, 3.63) is 59.7 Å². The normalized spacial score (nSPS) is 15.5. The highest BCUT2D eigenvalue weighted by atomic mass is 16.5. The summed E-state index contributed by atoms with van der Waals surface area (Å²) in [5, 5.41) is 5.84. The maximum absolute atomic E-state index is 5.25. The van der Waals surface area contributed by atoms with Crippen molar-refractivity contribution in [2.24, 2.45) is 7.05 Å². The molecule has 4 aromatic rings. The third-order valence-electron chi connectivity index (χ3n) is 6.30. The Bertz CT molecular complexity index is 1230. The Hall–Kier alpha value is -3.15. The van der Waals surface area contributed by atoms with E-state index >= 15 is 0 Å². The number of pyridine rings is 1. The fraction of sp³-hybridized carbons (Fsp3) is 0.423. The van der Waals surface area contributed by atoms with Gasteiger partial charge in [0.25, 0.3) is 0 Å². The summed E-state index contributed by atoms with van der Waals surface area (Å²) in [6, 6.07) is 10.4. The Labute approximate surface area is 189 Å². The van der Waals surface area contributed by atoms with Crippen molar-refractivity contribution >= 4 is 11.0 Å². The number of rotatable bonds is 6. The van der Waals surface area contributed by atoms with E-state index in [2.05, 4.69) is 42.2 Å². The third kappa shape index (κ3) is 3.90. The zero-order chi connectivity index (χ0) is 22.2. The molecule has 6 heteroatoms. The lowest BCUT2D eigenvalue weighted by Crippen LogP contribution is -2.01. The van der Waals surface area contributed by atoms with E-state index in [1.54, 1.807) is 7.11 Å². The first kappa shape index (κ1) is 20.7. The van der Waals surface area contributed by atoms with Gasteiger partial charge in [-0.2, -0.15) is 5.10 Å². The standard InChI is InChI=1S/C24H25N5O.C2H6/c1-28-21(16-5-6-16)12-25-24(28)20-11-18-14-29(13-15-3-9-19(30-2)10-4-15)27-23(18)26-22(20)17-7-8-17;1-2/h3-4,9-12,14,16-17H,5-8,13H2,1-2H3;1-2H3. The van der Waals surface area contributed by atoms with E-state index in [1.165, 1.54) is 42.5 Å². The van der Waals surface area contributed by atoms with Crippen LogP contribution in [0, 0.1) is 0 Å². The van der Waals surface area contributed by atoms with Crippen molar-refractivity contribution in [2.45, 2.75) is 57.9 Å².